The number of nitro benzene ring substituents is 2. The number of rotatable bonds is 3. The predicted molar refractivity (Wildman–Crippen MR) is 82.0 cm³/mol. The molecule has 0 aliphatic heterocycles. The van der Waals surface area contributed by atoms with Gasteiger partial charge in [0.05, 0.1) is 20.8 Å². The summed E-state index contributed by atoms with van der Waals surface area (Å²) in [5.41, 5.74) is 5.30. The molecule has 0 aromatic heterocycles. The Morgan fingerprint density at radius 1 is 0.870 bits per heavy atom. The number of benzene rings is 2. The van der Waals surface area contributed by atoms with E-state index in [1.165, 1.54) is 42.5 Å². The monoisotopic (exact) mass is 340 g/mol. The van der Waals surface area contributed by atoms with Crippen molar-refractivity contribution in [2.75, 3.05) is 5.73 Å². The average Bonchev–Trinajstić information content (AvgIpc) is 2.47. The zero-order chi connectivity index (χ0) is 17.6. The van der Waals surface area contributed by atoms with Crippen molar-refractivity contribution in [1.82, 2.24) is 0 Å². The van der Waals surface area contributed by atoms with Crippen LogP contribution in [0.1, 0.15) is 0 Å². The van der Waals surface area contributed by atoms with E-state index in [2.05, 4.69) is 0 Å². The number of anilines is 1. The van der Waals surface area contributed by atoms with Crippen LogP contribution in [-0.4, -0.2) is 18.3 Å². The van der Waals surface area contributed by atoms with Gasteiger partial charge in [0, 0.05) is 17.8 Å². The molecule has 0 amide bonds. The van der Waals surface area contributed by atoms with Crippen LogP contribution in [0.2, 0.25) is 0 Å². The van der Waals surface area contributed by atoms with E-state index in [1.807, 2.05) is 0 Å². The lowest BCUT2D eigenvalue weighted by molar-refractivity contribution is -0.394. The van der Waals surface area contributed by atoms with Crippen LogP contribution in [0.25, 0.3) is 0 Å². The van der Waals surface area contributed by atoms with Crippen molar-refractivity contribution in [3.63, 3.8) is 0 Å². The van der Waals surface area contributed by atoms with Crippen molar-refractivity contribution >= 4 is 27.1 Å². The summed E-state index contributed by atoms with van der Waals surface area (Å²) in [7, 11) is -3.58. The molecule has 23 heavy (non-hydrogen) atoms. The van der Waals surface area contributed by atoms with Crippen LogP contribution >= 0.6 is 0 Å². The number of primary sulfonamides is 1. The van der Waals surface area contributed by atoms with Gasteiger partial charge in [0.25, 0.3) is 11.4 Å². The minimum atomic E-state index is -3.58. The van der Waals surface area contributed by atoms with Gasteiger partial charge in [-0.2, -0.15) is 0 Å². The Hall–Kier alpha value is -3.05. The summed E-state index contributed by atoms with van der Waals surface area (Å²) in [6, 6.07) is 10.3. The first kappa shape index (κ1) is 18.0. The fourth-order valence-corrected chi connectivity index (χ4v) is 1.89. The minimum absolute atomic E-state index is 0.0756. The number of hydrogen-bond donors (Lipinski definition) is 2. The quantitative estimate of drug-likeness (QED) is 0.482. The van der Waals surface area contributed by atoms with Crippen LogP contribution in [0.15, 0.2) is 53.4 Å². The Kier molecular flexibility index (Phi) is 5.70. The van der Waals surface area contributed by atoms with Crippen molar-refractivity contribution in [2.45, 2.75) is 4.90 Å². The molecule has 122 valence electrons. The van der Waals surface area contributed by atoms with E-state index in [0.29, 0.717) is 5.69 Å². The third-order valence-electron chi connectivity index (χ3n) is 2.46. The molecule has 0 saturated carbocycles. The van der Waals surface area contributed by atoms with E-state index in [9.17, 15) is 28.6 Å². The van der Waals surface area contributed by atoms with Crippen LogP contribution in [-0.2, 0) is 10.0 Å². The second-order valence-corrected chi connectivity index (χ2v) is 5.71. The molecule has 0 unspecified atom stereocenters. The Bertz CT molecular complexity index is 790. The van der Waals surface area contributed by atoms with Crippen LogP contribution in [0.4, 0.5) is 17.1 Å². The molecule has 10 nitrogen and oxygen atoms in total. The number of nitrogen functional groups attached to an aromatic ring is 1. The van der Waals surface area contributed by atoms with E-state index in [4.69, 9.17) is 10.9 Å². The summed E-state index contributed by atoms with van der Waals surface area (Å²) < 4.78 is 21.4. The van der Waals surface area contributed by atoms with Gasteiger partial charge in [-0.3, -0.25) is 20.2 Å². The Morgan fingerprint density at radius 2 is 1.30 bits per heavy atom. The van der Waals surface area contributed by atoms with Gasteiger partial charge in [-0.1, -0.05) is 0 Å². The first-order valence-electron chi connectivity index (χ1n) is 5.88. The molecule has 0 spiro atoms. The van der Waals surface area contributed by atoms with Gasteiger partial charge in [-0.25, -0.2) is 13.6 Å². The van der Waals surface area contributed by atoms with Gasteiger partial charge < -0.3 is 5.73 Å². The van der Waals surface area contributed by atoms with Crippen molar-refractivity contribution in [3.05, 3.63) is 68.8 Å². The zero-order valence-electron chi connectivity index (χ0n) is 11.5. The van der Waals surface area contributed by atoms with E-state index in [-0.39, 0.29) is 16.3 Å². The van der Waals surface area contributed by atoms with Gasteiger partial charge in [0.15, 0.2) is 0 Å². The summed E-state index contributed by atoms with van der Waals surface area (Å²) in [6.07, 6.45) is 0. The molecular weight excluding hydrogens is 328 g/mol. The molecule has 0 fully saturated rings. The van der Waals surface area contributed by atoms with Gasteiger partial charge in [-0.05, 0) is 30.3 Å². The van der Waals surface area contributed by atoms with Crippen molar-refractivity contribution in [3.8, 4) is 0 Å². The number of non-ortho nitro benzene ring substituents is 2. The van der Waals surface area contributed by atoms with Gasteiger partial charge in [0.2, 0.25) is 10.0 Å². The summed E-state index contributed by atoms with van der Waals surface area (Å²) in [6.45, 7) is 0. The summed E-state index contributed by atoms with van der Waals surface area (Å²) in [5, 5.41) is 25.2. The molecule has 0 heterocycles. The molecule has 0 radical (unpaired) electrons. The maximum atomic E-state index is 10.7. The van der Waals surface area contributed by atoms with Crippen LogP contribution in [0.5, 0.6) is 0 Å². The molecule has 0 atom stereocenters. The molecule has 11 heteroatoms. The highest BCUT2D eigenvalue weighted by molar-refractivity contribution is 7.89. The fraction of sp³-hybridized carbons (Fsp3) is 0. The minimum Gasteiger partial charge on any atom is -0.399 e. The molecule has 0 aliphatic carbocycles. The number of sulfonamides is 1. The van der Waals surface area contributed by atoms with Crippen LogP contribution in [0.3, 0.4) is 0 Å². The molecule has 2 rings (SSSR count). The third-order valence-corrected chi connectivity index (χ3v) is 3.39. The van der Waals surface area contributed by atoms with E-state index >= 15 is 0 Å². The topological polar surface area (TPSA) is 172 Å². The normalized spacial score (nSPS) is 10.3. The number of nitro groups is 2. The first-order valence-corrected chi connectivity index (χ1v) is 7.43. The Labute approximate surface area is 130 Å². The van der Waals surface area contributed by atoms with Crippen LogP contribution in [0, 0.1) is 20.2 Å². The van der Waals surface area contributed by atoms with Gasteiger partial charge in [-0.15, -0.1) is 0 Å². The van der Waals surface area contributed by atoms with E-state index in [0.717, 1.165) is 6.07 Å². The third kappa shape index (κ3) is 5.68. The van der Waals surface area contributed by atoms with Gasteiger partial charge >= 0.3 is 0 Å². The Balaban J connectivity index is 0.000000231. The molecule has 2 aromatic carbocycles. The van der Waals surface area contributed by atoms with Crippen molar-refractivity contribution in [1.29, 1.82) is 0 Å². The molecule has 2 aromatic rings. The van der Waals surface area contributed by atoms with Crippen LogP contribution < -0.4 is 10.9 Å². The second-order valence-electron chi connectivity index (χ2n) is 4.15. The maximum absolute atomic E-state index is 10.7. The summed E-state index contributed by atoms with van der Waals surface area (Å²) >= 11 is 0. The van der Waals surface area contributed by atoms with E-state index in [1.54, 1.807) is 0 Å². The number of nitrogens with two attached hydrogens (primary N) is 2. The predicted octanol–water partition coefficient (Wildman–Crippen LogP) is 1.42. The number of hydrogen-bond acceptors (Lipinski definition) is 7. The average molecular weight is 340 g/mol. The Morgan fingerprint density at radius 3 is 1.65 bits per heavy atom. The van der Waals surface area contributed by atoms with Gasteiger partial charge in [0.1, 0.15) is 0 Å². The highest BCUT2D eigenvalue weighted by atomic mass is 32.2. The summed E-state index contributed by atoms with van der Waals surface area (Å²) in [4.78, 5) is 19.0. The highest BCUT2D eigenvalue weighted by Gasteiger charge is 2.11. The SMILES string of the molecule is Nc1ccc(S(N)(=O)=O)cc1.O=[N+]([O-])c1cccc([N+](=O)[O-])c1. The molecule has 0 aliphatic rings. The lowest BCUT2D eigenvalue weighted by Crippen LogP contribution is -2.11. The lowest BCUT2D eigenvalue weighted by Gasteiger charge is -1.96. The molecule has 0 bridgehead atoms. The highest BCUT2D eigenvalue weighted by Crippen LogP contribution is 2.18. The fourth-order valence-electron chi connectivity index (χ4n) is 1.38. The molecule has 4 N–H and O–H groups in total. The van der Waals surface area contributed by atoms with E-state index < -0.39 is 19.9 Å². The van der Waals surface area contributed by atoms with Crippen molar-refractivity contribution < 1.29 is 18.3 Å². The first-order chi connectivity index (χ1) is 10.6. The maximum Gasteiger partial charge on any atom is 0.276 e. The second kappa shape index (κ2) is 7.29. The molecule has 0 saturated heterocycles. The zero-order valence-corrected chi connectivity index (χ0v) is 12.3. The standard InChI is InChI=1S/C6H4N2O4.C6H8N2O2S/c9-7(10)5-2-1-3-6(4-5)8(11)12;7-5-1-3-6(4-2-5)11(8,9)10/h1-4H;1-4H,7H2,(H2,8,9,10). The van der Waals surface area contributed by atoms with Crippen molar-refractivity contribution in [2.24, 2.45) is 5.14 Å². The number of nitrogens with zero attached hydrogens (tertiary/aromatic N) is 2. The molecular formula is C12H12N4O6S. The lowest BCUT2D eigenvalue weighted by atomic mass is 10.3. The smallest absolute Gasteiger partial charge is 0.276 e. The summed E-state index contributed by atoms with van der Waals surface area (Å²) in [5.74, 6) is 0. The largest absolute Gasteiger partial charge is 0.399 e.